The molecule has 1 N–H and O–H groups in total. The number of aliphatic hydroxyl groups is 1. The number of hydrogen-bond donors (Lipinski definition) is 1. The predicted octanol–water partition coefficient (Wildman–Crippen LogP) is 1.11. The maximum absolute atomic E-state index is 11.5. The van der Waals surface area contributed by atoms with Crippen LogP contribution in [0.1, 0.15) is 23.9 Å². The fourth-order valence-electron chi connectivity index (χ4n) is 2.75. The number of fused-ring (bicyclic) bond motifs is 1. The van der Waals surface area contributed by atoms with Gasteiger partial charge in [0.2, 0.25) is 5.91 Å². The van der Waals surface area contributed by atoms with Gasteiger partial charge in [-0.3, -0.25) is 14.2 Å². The number of hydrogen-bond acceptors (Lipinski definition) is 4. The molecule has 1 atom stereocenters. The third-order valence-corrected chi connectivity index (χ3v) is 4.32. The van der Waals surface area contributed by atoms with Gasteiger partial charge >= 0.3 is 0 Å². The van der Waals surface area contributed by atoms with Gasteiger partial charge in [0, 0.05) is 31.4 Å². The fourth-order valence-corrected chi connectivity index (χ4v) is 3.41. The largest absolute Gasteiger partial charge is 0.387 e. The van der Waals surface area contributed by atoms with Crippen molar-refractivity contribution in [3.63, 3.8) is 0 Å². The number of imidazole rings is 1. The molecule has 0 radical (unpaired) electrons. The summed E-state index contributed by atoms with van der Waals surface area (Å²) in [5.74, 6) is 0.905. The molecule has 20 heavy (non-hydrogen) atoms. The summed E-state index contributed by atoms with van der Waals surface area (Å²) in [6.45, 7) is 2.79. The maximum atomic E-state index is 11.5. The molecule has 0 saturated carbocycles. The molecule has 1 fully saturated rings. The van der Waals surface area contributed by atoms with Crippen molar-refractivity contribution in [1.82, 2.24) is 19.3 Å². The van der Waals surface area contributed by atoms with E-state index in [0.29, 0.717) is 13.1 Å². The van der Waals surface area contributed by atoms with Crippen LogP contribution in [0.15, 0.2) is 17.0 Å². The molecule has 1 aliphatic heterocycles. The number of amides is 1. The normalized spacial score (nSPS) is 18.9. The number of carbonyl (C=O) groups excluding carboxylic acids is 1. The quantitative estimate of drug-likeness (QED) is 0.890. The van der Waals surface area contributed by atoms with Crippen molar-refractivity contribution in [3.05, 3.63) is 28.5 Å². The topological polar surface area (TPSA) is 70.7 Å². The maximum Gasteiger partial charge on any atom is 0.248 e. The van der Waals surface area contributed by atoms with Crippen LogP contribution < -0.4 is 0 Å². The van der Waals surface area contributed by atoms with Gasteiger partial charge in [0.25, 0.3) is 0 Å². The van der Waals surface area contributed by atoms with E-state index in [1.165, 1.54) is 0 Å². The molecule has 1 unspecified atom stereocenters. The van der Waals surface area contributed by atoms with Crippen LogP contribution in [-0.4, -0.2) is 50.0 Å². The van der Waals surface area contributed by atoms with E-state index in [0.717, 1.165) is 28.1 Å². The Hall–Kier alpha value is -1.47. The predicted molar refractivity (Wildman–Crippen MR) is 76.4 cm³/mol. The van der Waals surface area contributed by atoms with E-state index >= 15 is 0 Å². The molecule has 7 heteroatoms. The molecule has 0 bridgehead atoms. The minimum Gasteiger partial charge on any atom is -0.387 e. The Labute approximate surface area is 124 Å². The zero-order chi connectivity index (χ0) is 14.3. The van der Waals surface area contributed by atoms with E-state index in [-0.39, 0.29) is 11.8 Å². The standard InChI is InChI=1S/C13H15BrN4O2/c1-8-11-12(14)16-13(18(11)5-3-15-8)9-2-4-17(6-9)10(20)7-19/h3,5,9,19H,2,4,6-7H2,1H3. The first-order chi connectivity index (χ1) is 9.61. The fraction of sp³-hybridized carbons (Fsp3) is 0.462. The van der Waals surface area contributed by atoms with Crippen LogP contribution in [-0.2, 0) is 4.79 Å². The molecular formula is C13H15BrN4O2. The Morgan fingerprint density at radius 3 is 3.15 bits per heavy atom. The monoisotopic (exact) mass is 338 g/mol. The lowest BCUT2D eigenvalue weighted by Crippen LogP contribution is -2.30. The third-order valence-electron chi connectivity index (χ3n) is 3.76. The number of carbonyl (C=O) groups is 1. The summed E-state index contributed by atoms with van der Waals surface area (Å²) < 4.78 is 2.81. The van der Waals surface area contributed by atoms with Gasteiger partial charge in [-0.2, -0.15) is 0 Å². The molecule has 1 aliphatic rings. The Morgan fingerprint density at radius 1 is 1.60 bits per heavy atom. The highest BCUT2D eigenvalue weighted by atomic mass is 79.9. The molecule has 1 amide bonds. The van der Waals surface area contributed by atoms with Crippen molar-refractivity contribution in [2.45, 2.75) is 19.3 Å². The second-order valence-electron chi connectivity index (χ2n) is 4.98. The molecule has 0 aromatic carbocycles. The second kappa shape index (κ2) is 5.14. The molecule has 6 nitrogen and oxygen atoms in total. The first kappa shape index (κ1) is 13.5. The van der Waals surface area contributed by atoms with Gasteiger partial charge in [-0.25, -0.2) is 4.98 Å². The number of halogens is 1. The van der Waals surface area contributed by atoms with Crippen LogP contribution in [0.25, 0.3) is 5.52 Å². The average Bonchev–Trinajstić information content (AvgIpc) is 3.04. The molecule has 2 aromatic heterocycles. The lowest BCUT2D eigenvalue weighted by atomic mass is 10.1. The van der Waals surface area contributed by atoms with E-state index in [4.69, 9.17) is 5.11 Å². The highest BCUT2D eigenvalue weighted by Crippen LogP contribution is 2.30. The summed E-state index contributed by atoms with van der Waals surface area (Å²) in [6.07, 6.45) is 4.51. The molecule has 1 saturated heterocycles. The van der Waals surface area contributed by atoms with Crippen LogP contribution in [0.5, 0.6) is 0 Å². The lowest BCUT2D eigenvalue weighted by Gasteiger charge is -2.14. The number of rotatable bonds is 2. The highest BCUT2D eigenvalue weighted by molar-refractivity contribution is 9.10. The number of likely N-dealkylation sites (tertiary alicyclic amines) is 1. The van der Waals surface area contributed by atoms with E-state index in [1.54, 1.807) is 11.1 Å². The zero-order valence-electron chi connectivity index (χ0n) is 11.1. The van der Waals surface area contributed by atoms with Gasteiger partial charge in [-0.1, -0.05) is 0 Å². The van der Waals surface area contributed by atoms with E-state index in [2.05, 4.69) is 25.9 Å². The average molecular weight is 339 g/mol. The number of aromatic nitrogens is 3. The Morgan fingerprint density at radius 2 is 2.40 bits per heavy atom. The van der Waals surface area contributed by atoms with Crippen molar-refractivity contribution >= 4 is 27.4 Å². The Bertz CT molecular complexity index is 670. The number of nitrogens with zero attached hydrogens (tertiary/aromatic N) is 4. The summed E-state index contributed by atoms with van der Waals surface area (Å²) in [6, 6.07) is 0. The van der Waals surface area contributed by atoms with Gasteiger partial charge in [-0.15, -0.1) is 0 Å². The molecular weight excluding hydrogens is 324 g/mol. The van der Waals surface area contributed by atoms with Crippen LogP contribution >= 0.6 is 15.9 Å². The van der Waals surface area contributed by atoms with Crippen LogP contribution in [0.4, 0.5) is 0 Å². The van der Waals surface area contributed by atoms with Crippen LogP contribution in [0, 0.1) is 6.92 Å². The number of aliphatic hydroxyl groups excluding tert-OH is 1. The van der Waals surface area contributed by atoms with Crippen molar-refractivity contribution in [1.29, 1.82) is 0 Å². The van der Waals surface area contributed by atoms with E-state index in [1.807, 2.05) is 17.5 Å². The van der Waals surface area contributed by atoms with Crippen LogP contribution in [0.2, 0.25) is 0 Å². The minimum atomic E-state index is -0.429. The summed E-state index contributed by atoms with van der Waals surface area (Å²) in [5.41, 5.74) is 1.88. The zero-order valence-corrected chi connectivity index (χ0v) is 12.7. The minimum absolute atomic E-state index is 0.186. The summed E-state index contributed by atoms with van der Waals surface area (Å²) in [5, 5.41) is 8.94. The summed E-state index contributed by atoms with van der Waals surface area (Å²) >= 11 is 3.48. The van der Waals surface area contributed by atoms with Crippen molar-refractivity contribution in [2.24, 2.45) is 0 Å². The Balaban J connectivity index is 1.96. The van der Waals surface area contributed by atoms with Crippen molar-refractivity contribution in [2.75, 3.05) is 19.7 Å². The molecule has 0 spiro atoms. The lowest BCUT2D eigenvalue weighted by molar-refractivity contribution is -0.133. The van der Waals surface area contributed by atoms with Gasteiger partial charge in [0.05, 0.1) is 5.69 Å². The molecule has 106 valence electrons. The van der Waals surface area contributed by atoms with E-state index in [9.17, 15) is 4.79 Å². The first-order valence-electron chi connectivity index (χ1n) is 6.49. The molecule has 3 rings (SSSR count). The smallest absolute Gasteiger partial charge is 0.248 e. The van der Waals surface area contributed by atoms with Gasteiger partial charge in [0.15, 0.2) is 0 Å². The number of aryl methyl sites for hydroxylation is 1. The van der Waals surface area contributed by atoms with Crippen LogP contribution in [0.3, 0.4) is 0 Å². The van der Waals surface area contributed by atoms with Gasteiger partial charge in [0.1, 0.15) is 22.6 Å². The SMILES string of the molecule is Cc1nccn2c(C3CCN(C(=O)CO)C3)nc(Br)c12. The van der Waals surface area contributed by atoms with Crippen molar-refractivity contribution < 1.29 is 9.90 Å². The summed E-state index contributed by atoms with van der Waals surface area (Å²) in [4.78, 5) is 22.1. The van der Waals surface area contributed by atoms with E-state index < -0.39 is 6.61 Å². The Kier molecular flexibility index (Phi) is 3.47. The first-order valence-corrected chi connectivity index (χ1v) is 7.28. The van der Waals surface area contributed by atoms with Crippen molar-refractivity contribution in [3.8, 4) is 0 Å². The third kappa shape index (κ3) is 2.10. The second-order valence-corrected chi connectivity index (χ2v) is 5.73. The highest BCUT2D eigenvalue weighted by Gasteiger charge is 2.30. The molecule has 0 aliphatic carbocycles. The molecule has 3 heterocycles. The summed E-state index contributed by atoms with van der Waals surface area (Å²) in [7, 11) is 0. The van der Waals surface area contributed by atoms with Gasteiger partial charge < -0.3 is 10.0 Å². The molecule has 2 aromatic rings. The van der Waals surface area contributed by atoms with Gasteiger partial charge in [-0.05, 0) is 29.3 Å².